The predicted octanol–water partition coefficient (Wildman–Crippen LogP) is 7.06. The quantitative estimate of drug-likeness (QED) is 0.353. The van der Waals surface area contributed by atoms with Gasteiger partial charge in [0, 0.05) is 20.2 Å². The first-order valence-corrected chi connectivity index (χ1v) is 8.61. The van der Waals surface area contributed by atoms with Crippen molar-refractivity contribution in [3.05, 3.63) is 72.3 Å². The van der Waals surface area contributed by atoms with Crippen molar-refractivity contribution >= 4 is 31.5 Å². The molecule has 1 heteroatoms. The van der Waals surface area contributed by atoms with Crippen molar-refractivity contribution in [2.24, 2.45) is 0 Å². The molecule has 0 spiro atoms. The third-order valence-corrected chi connectivity index (χ3v) is 4.88. The first kappa shape index (κ1) is 14.8. The van der Waals surface area contributed by atoms with Crippen LogP contribution >= 0.6 is 11.3 Å². The molecule has 0 unspecified atom stereocenters. The molecule has 0 atom stereocenters. The largest absolute Gasteiger partial charge is 0.135 e. The lowest BCUT2D eigenvalue weighted by molar-refractivity contribution is 1.47. The van der Waals surface area contributed by atoms with Gasteiger partial charge in [0.2, 0.25) is 0 Å². The Morgan fingerprint density at radius 3 is 2.18 bits per heavy atom. The minimum Gasteiger partial charge on any atom is -0.135 e. The molecule has 22 heavy (non-hydrogen) atoms. The van der Waals surface area contributed by atoms with Crippen molar-refractivity contribution in [1.29, 1.82) is 0 Å². The van der Waals surface area contributed by atoms with Crippen LogP contribution in [-0.2, 0) is 0 Å². The zero-order chi connectivity index (χ0) is 15.5. The van der Waals surface area contributed by atoms with E-state index in [0.29, 0.717) is 0 Å². The molecule has 0 saturated heterocycles. The standard InChI is InChI=1S/C19H14S.C2H6/c1-13-5-4-6-14(11-13)15-9-10-19-17(12-15)16-7-2-3-8-18(16)20-19;1-2/h2-12H,1H3;1-2H3. The molecule has 3 aromatic carbocycles. The molecule has 1 heterocycles. The van der Waals surface area contributed by atoms with Crippen LogP contribution < -0.4 is 0 Å². The summed E-state index contributed by atoms with van der Waals surface area (Å²) in [4.78, 5) is 0. The lowest BCUT2D eigenvalue weighted by atomic mass is 10.0. The highest BCUT2D eigenvalue weighted by molar-refractivity contribution is 7.25. The van der Waals surface area contributed by atoms with Gasteiger partial charge in [-0.3, -0.25) is 0 Å². The molecule has 0 aliphatic rings. The maximum absolute atomic E-state index is 2.32. The minimum atomic E-state index is 1.29. The average Bonchev–Trinajstić information content (AvgIpc) is 2.94. The van der Waals surface area contributed by atoms with Gasteiger partial charge >= 0.3 is 0 Å². The molecule has 110 valence electrons. The Morgan fingerprint density at radius 2 is 1.36 bits per heavy atom. The molecule has 4 aromatic rings. The van der Waals surface area contributed by atoms with Gasteiger partial charge in [-0.25, -0.2) is 0 Å². The van der Waals surface area contributed by atoms with Gasteiger partial charge in [-0.1, -0.05) is 67.9 Å². The molecule has 0 fully saturated rings. The summed E-state index contributed by atoms with van der Waals surface area (Å²) in [6, 6.07) is 24.1. The minimum absolute atomic E-state index is 1.29. The van der Waals surface area contributed by atoms with Crippen LogP contribution in [0.25, 0.3) is 31.3 Å². The molecule has 0 radical (unpaired) electrons. The summed E-state index contributed by atoms with van der Waals surface area (Å²) in [6.07, 6.45) is 0. The fourth-order valence-electron chi connectivity index (χ4n) is 2.73. The lowest BCUT2D eigenvalue weighted by Gasteiger charge is -2.03. The third kappa shape index (κ3) is 2.65. The Labute approximate surface area is 136 Å². The Bertz CT molecular complexity index is 915. The van der Waals surface area contributed by atoms with Gasteiger partial charge in [0.15, 0.2) is 0 Å². The van der Waals surface area contributed by atoms with Crippen LogP contribution in [0.4, 0.5) is 0 Å². The topological polar surface area (TPSA) is 0 Å². The van der Waals surface area contributed by atoms with E-state index in [4.69, 9.17) is 0 Å². The molecule has 0 bridgehead atoms. The number of thiophene rings is 1. The summed E-state index contributed by atoms with van der Waals surface area (Å²) >= 11 is 1.87. The molecular weight excluding hydrogens is 284 g/mol. The Morgan fingerprint density at radius 1 is 0.636 bits per heavy atom. The van der Waals surface area contributed by atoms with E-state index in [1.165, 1.54) is 36.9 Å². The number of fused-ring (bicyclic) bond motifs is 3. The normalized spacial score (nSPS) is 10.5. The van der Waals surface area contributed by atoms with E-state index < -0.39 is 0 Å². The maximum atomic E-state index is 2.32. The first-order chi connectivity index (χ1) is 10.8. The zero-order valence-corrected chi connectivity index (χ0v) is 14.1. The van der Waals surface area contributed by atoms with Crippen LogP contribution in [0.5, 0.6) is 0 Å². The van der Waals surface area contributed by atoms with Crippen molar-refractivity contribution in [3.8, 4) is 11.1 Å². The maximum Gasteiger partial charge on any atom is 0.0355 e. The molecule has 0 aliphatic carbocycles. The summed E-state index contributed by atoms with van der Waals surface area (Å²) in [5, 5.41) is 2.73. The number of aryl methyl sites for hydroxylation is 1. The van der Waals surface area contributed by atoms with Gasteiger partial charge in [0.25, 0.3) is 0 Å². The van der Waals surface area contributed by atoms with Crippen LogP contribution in [0.3, 0.4) is 0 Å². The van der Waals surface area contributed by atoms with E-state index in [1.807, 2.05) is 25.2 Å². The fraction of sp³-hybridized carbons (Fsp3) is 0.143. The summed E-state index contributed by atoms with van der Waals surface area (Å²) in [6.45, 7) is 6.14. The van der Waals surface area contributed by atoms with Crippen LogP contribution in [0, 0.1) is 6.92 Å². The van der Waals surface area contributed by atoms with E-state index in [2.05, 4.69) is 73.7 Å². The van der Waals surface area contributed by atoms with Gasteiger partial charge in [0.1, 0.15) is 0 Å². The second kappa shape index (κ2) is 6.33. The fourth-order valence-corrected chi connectivity index (χ4v) is 3.82. The van der Waals surface area contributed by atoms with Gasteiger partial charge in [0.05, 0.1) is 0 Å². The highest BCUT2D eigenvalue weighted by Gasteiger charge is 2.06. The van der Waals surface area contributed by atoms with E-state index >= 15 is 0 Å². The van der Waals surface area contributed by atoms with E-state index in [1.54, 1.807) is 0 Å². The lowest BCUT2D eigenvalue weighted by Crippen LogP contribution is -1.79. The van der Waals surface area contributed by atoms with Crippen molar-refractivity contribution < 1.29 is 0 Å². The van der Waals surface area contributed by atoms with E-state index in [0.717, 1.165) is 0 Å². The van der Waals surface area contributed by atoms with E-state index in [-0.39, 0.29) is 0 Å². The van der Waals surface area contributed by atoms with Crippen LogP contribution in [-0.4, -0.2) is 0 Å². The molecule has 0 aliphatic heterocycles. The van der Waals surface area contributed by atoms with Crippen molar-refractivity contribution in [2.75, 3.05) is 0 Å². The molecule has 0 nitrogen and oxygen atoms in total. The summed E-state index contributed by atoms with van der Waals surface area (Å²) < 4.78 is 2.73. The Balaban J connectivity index is 0.000000693. The smallest absolute Gasteiger partial charge is 0.0355 e. The average molecular weight is 304 g/mol. The van der Waals surface area contributed by atoms with Gasteiger partial charge < -0.3 is 0 Å². The van der Waals surface area contributed by atoms with Crippen LogP contribution in [0.1, 0.15) is 19.4 Å². The summed E-state index contributed by atoms with van der Waals surface area (Å²) in [5.74, 6) is 0. The highest BCUT2D eigenvalue weighted by atomic mass is 32.1. The number of hydrogen-bond donors (Lipinski definition) is 0. The van der Waals surface area contributed by atoms with Gasteiger partial charge in [-0.2, -0.15) is 0 Å². The number of benzene rings is 3. The molecule has 1 aromatic heterocycles. The van der Waals surface area contributed by atoms with Crippen molar-refractivity contribution in [1.82, 2.24) is 0 Å². The molecule has 0 amide bonds. The third-order valence-electron chi connectivity index (χ3n) is 3.73. The SMILES string of the molecule is CC.Cc1cccc(-c2ccc3sc4ccccc4c3c2)c1. The van der Waals surface area contributed by atoms with Gasteiger partial charge in [-0.15, -0.1) is 11.3 Å². The molecular formula is C21H20S. The summed E-state index contributed by atoms with van der Waals surface area (Å²) in [7, 11) is 0. The highest BCUT2D eigenvalue weighted by Crippen LogP contribution is 2.36. The molecule has 4 rings (SSSR count). The monoisotopic (exact) mass is 304 g/mol. The van der Waals surface area contributed by atoms with Gasteiger partial charge in [-0.05, 0) is 36.2 Å². The second-order valence-electron chi connectivity index (χ2n) is 5.18. The van der Waals surface area contributed by atoms with Crippen LogP contribution in [0.2, 0.25) is 0 Å². The molecule has 0 saturated carbocycles. The molecule has 0 N–H and O–H groups in total. The second-order valence-corrected chi connectivity index (χ2v) is 6.26. The Hall–Kier alpha value is -2.12. The van der Waals surface area contributed by atoms with E-state index in [9.17, 15) is 0 Å². The van der Waals surface area contributed by atoms with Crippen molar-refractivity contribution in [3.63, 3.8) is 0 Å². The predicted molar refractivity (Wildman–Crippen MR) is 101 cm³/mol. The Kier molecular flexibility index (Phi) is 4.26. The first-order valence-electron chi connectivity index (χ1n) is 7.79. The van der Waals surface area contributed by atoms with Crippen LogP contribution in [0.15, 0.2) is 66.7 Å². The summed E-state index contributed by atoms with van der Waals surface area (Å²) in [5.41, 5.74) is 3.89. The van der Waals surface area contributed by atoms with Crippen molar-refractivity contribution in [2.45, 2.75) is 20.8 Å². The number of rotatable bonds is 1. The zero-order valence-electron chi connectivity index (χ0n) is 13.3. The number of hydrogen-bond acceptors (Lipinski definition) is 1.